The van der Waals surface area contributed by atoms with Gasteiger partial charge < -0.3 is 15.2 Å². The maximum atomic E-state index is 4.64. The number of benzene rings is 1. The molecule has 1 heterocycles. The van der Waals surface area contributed by atoms with Gasteiger partial charge in [0.05, 0.1) is 6.54 Å². The number of guanidine groups is 1. The zero-order valence-corrected chi connectivity index (χ0v) is 14.5. The Morgan fingerprint density at radius 3 is 2.75 bits per heavy atom. The molecule has 0 saturated carbocycles. The topological polar surface area (TPSA) is 67.1 Å². The molecular weight excluding hydrogens is 300 g/mol. The smallest absolute Gasteiger partial charge is 0.191 e. The normalized spacial score (nSPS) is 11.3. The van der Waals surface area contributed by atoms with Crippen molar-refractivity contribution in [3.63, 3.8) is 0 Å². The summed E-state index contributed by atoms with van der Waals surface area (Å²) < 4.78 is 2.06. The molecule has 2 N–H and O–H groups in total. The largest absolute Gasteiger partial charge is 0.355 e. The first-order valence-corrected chi connectivity index (χ1v) is 8.26. The summed E-state index contributed by atoms with van der Waals surface area (Å²) in [7, 11) is 0. The minimum absolute atomic E-state index is 0.638. The second kappa shape index (κ2) is 9.50. The number of rotatable bonds is 8. The fourth-order valence-corrected chi connectivity index (χ4v) is 2.20. The van der Waals surface area contributed by atoms with Gasteiger partial charge in [0.15, 0.2) is 5.96 Å². The number of nitrogens with one attached hydrogen (secondary N) is 2. The van der Waals surface area contributed by atoms with Crippen LogP contribution >= 0.6 is 0 Å². The van der Waals surface area contributed by atoms with Crippen LogP contribution in [0.1, 0.15) is 25.2 Å². The minimum atomic E-state index is 0.638. The molecule has 0 unspecified atom stereocenters. The molecule has 0 fully saturated rings. The third-order valence-corrected chi connectivity index (χ3v) is 3.48. The first kappa shape index (κ1) is 17.7. The van der Waals surface area contributed by atoms with E-state index in [1.54, 1.807) is 6.33 Å². The van der Waals surface area contributed by atoms with Gasteiger partial charge in [0, 0.05) is 26.1 Å². The maximum absolute atomic E-state index is 4.64. The molecule has 2 aromatic rings. The molecule has 0 saturated heterocycles. The second-order valence-electron chi connectivity index (χ2n) is 5.68. The van der Waals surface area contributed by atoms with Crippen LogP contribution in [0.3, 0.4) is 0 Å². The molecular formula is C18H26N6. The van der Waals surface area contributed by atoms with Gasteiger partial charge in [-0.1, -0.05) is 49.4 Å². The molecule has 0 amide bonds. The van der Waals surface area contributed by atoms with E-state index >= 15 is 0 Å². The number of nitrogens with zero attached hydrogens (tertiary/aromatic N) is 4. The molecule has 128 valence electrons. The highest BCUT2D eigenvalue weighted by Gasteiger charge is 2.03. The lowest BCUT2D eigenvalue weighted by Gasteiger charge is -2.13. The van der Waals surface area contributed by atoms with E-state index in [2.05, 4.69) is 56.0 Å². The van der Waals surface area contributed by atoms with Crippen molar-refractivity contribution in [3.05, 3.63) is 60.2 Å². The Bertz CT molecular complexity index is 659. The molecule has 0 aliphatic heterocycles. The molecule has 1 aromatic carbocycles. The standard InChI is InChI=1S/C18H26N6/c1-4-17-23-22-14-24(17)11-10-19-18(20-12-15(2)3)21-13-16-8-6-5-7-9-16/h5-9,14H,2,4,10-13H2,1,3H3,(H2,19,20,21). The number of aryl methyl sites for hydroxylation is 1. The van der Waals surface area contributed by atoms with Crippen molar-refractivity contribution >= 4 is 5.96 Å². The van der Waals surface area contributed by atoms with Crippen LogP contribution in [0.5, 0.6) is 0 Å². The quantitative estimate of drug-likeness (QED) is 0.443. The first-order valence-electron chi connectivity index (χ1n) is 8.26. The molecule has 1 aromatic heterocycles. The van der Waals surface area contributed by atoms with Gasteiger partial charge in [-0.3, -0.25) is 0 Å². The Kier molecular flexibility index (Phi) is 7.01. The Labute approximate surface area is 143 Å². The van der Waals surface area contributed by atoms with Crippen molar-refractivity contribution in [1.29, 1.82) is 0 Å². The molecule has 0 aliphatic rings. The van der Waals surface area contributed by atoms with E-state index in [0.717, 1.165) is 36.9 Å². The lowest BCUT2D eigenvalue weighted by molar-refractivity contribution is 0.633. The summed E-state index contributed by atoms with van der Waals surface area (Å²) in [6.45, 7) is 10.9. The zero-order valence-electron chi connectivity index (χ0n) is 14.5. The lowest BCUT2D eigenvalue weighted by atomic mass is 10.2. The van der Waals surface area contributed by atoms with Crippen LogP contribution in [0.4, 0.5) is 0 Å². The minimum Gasteiger partial charge on any atom is -0.355 e. The van der Waals surface area contributed by atoms with Crippen LogP contribution in [-0.2, 0) is 19.5 Å². The summed E-state index contributed by atoms with van der Waals surface area (Å²) in [5.41, 5.74) is 2.25. The Morgan fingerprint density at radius 2 is 2.04 bits per heavy atom. The maximum Gasteiger partial charge on any atom is 0.191 e. The SMILES string of the molecule is C=C(C)CNC(=NCc1ccccc1)NCCn1cnnc1CC. The zero-order chi connectivity index (χ0) is 17.2. The fourth-order valence-electron chi connectivity index (χ4n) is 2.20. The van der Waals surface area contributed by atoms with Gasteiger partial charge in [-0.25, -0.2) is 4.99 Å². The van der Waals surface area contributed by atoms with Crippen LogP contribution in [0.15, 0.2) is 53.8 Å². The first-order chi connectivity index (χ1) is 11.7. The van der Waals surface area contributed by atoms with Crippen molar-refractivity contribution in [3.8, 4) is 0 Å². The highest BCUT2D eigenvalue weighted by atomic mass is 15.3. The highest BCUT2D eigenvalue weighted by Crippen LogP contribution is 2.00. The molecule has 0 radical (unpaired) electrons. The molecule has 0 aliphatic carbocycles. The van der Waals surface area contributed by atoms with Gasteiger partial charge >= 0.3 is 0 Å². The van der Waals surface area contributed by atoms with Crippen LogP contribution in [0, 0.1) is 0 Å². The number of hydrogen-bond acceptors (Lipinski definition) is 3. The highest BCUT2D eigenvalue weighted by molar-refractivity contribution is 5.80. The summed E-state index contributed by atoms with van der Waals surface area (Å²) in [4.78, 5) is 4.64. The van der Waals surface area contributed by atoms with Crippen molar-refractivity contribution in [2.75, 3.05) is 13.1 Å². The van der Waals surface area contributed by atoms with E-state index in [-0.39, 0.29) is 0 Å². The third-order valence-electron chi connectivity index (χ3n) is 3.48. The molecule has 0 spiro atoms. The van der Waals surface area contributed by atoms with Crippen molar-refractivity contribution < 1.29 is 0 Å². The second-order valence-corrected chi connectivity index (χ2v) is 5.68. The van der Waals surface area contributed by atoms with E-state index in [4.69, 9.17) is 0 Å². The summed E-state index contributed by atoms with van der Waals surface area (Å²) in [6, 6.07) is 10.2. The monoisotopic (exact) mass is 326 g/mol. The summed E-state index contributed by atoms with van der Waals surface area (Å²) in [5.74, 6) is 1.78. The molecule has 0 bridgehead atoms. The molecule has 2 rings (SSSR count). The Morgan fingerprint density at radius 1 is 1.25 bits per heavy atom. The molecule has 6 heteroatoms. The fraction of sp³-hybridized carbons (Fsp3) is 0.389. The Balaban J connectivity index is 1.91. The van der Waals surface area contributed by atoms with Crippen molar-refractivity contribution in [2.24, 2.45) is 4.99 Å². The van der Waals surface area contributed by atoms with Gasteiger partial charge in [-0.2, -0.15) is 0 Å². The van der Waals surface area contributed by atoms with E-state index in [9.17, 15) is 0 Å². The predicted octanol–water partition coefficient (Wildman–Crippen LogP) is 2.15. The van der Waals surface area contributed by atoms with E-state index in [0.29, 0.717) is 13.1 Å². The average molecular weight is 326 g/mol. The molecule has 6 nitrogen and oxygen atoms in total. The van der Waals surface area contributed by atoms with E-state index in [1.165, 1.54) is 5.56 Å². The average Bonchev–Trinajstić information content (AvgIpc) is 3.05. The third kappa shape index (κ3) is 5.87. The van der Waals surface area contributed by atoms with Gasteiger partial charge in [-0.05, 0) is 12.5 Å². The lowest BCUT2D eigenvalue weighted by Crippen LogP contribution is -2.39. The van der Waals surface area contributed by atoms with Crippen LogP contribution in [0.2, 0.25) is 0 Å². The molecule has 0 atom stereocenters. The summed E-state index contributed by atoms with van der Waals surface area (Å²) in [5, 5.41) is 14.7. The van der Waals surface area contributed by atoms with Crippen molar-refractivity contribution in [1.82, 2.24) is 25.4 Å². The van der Waals surface area contributed by atoms with Gasteiger partial charge in [0.2, 0.25) is 0 Å². The van der Waals surface area contributed by atoms with E-state index in [1.807, 2.05) is 25.1 Å². The van der Waals surface area contributed by atoms with E-state index < -0.39 is 0 Å². The van der Waals surface area contributed by atoms with Crippen LogP contribution < -0.4 is 10.6 Å². The summed E-state index contributed by atoms with van der Waals surface area (Å²) >= 11 is 0. The van der Waals surface area contributed by atoms with Crippen LogP contribution in [-0.4, -0.2) is 33.8 Å². The van der Waals surface area contributed by atoms with Gasteiger partial charge in [-0.15, -0.1) is 10.2 Å². The predicted molar refractivity (Wildman–Crippen MR) is 97.8 cm³/mol. The van der Waals surface area contributed by atoms with Gasteiger partial charge in [0.25, 0.3) is 0 Å². The van der Waals surface area contributed by atoms with Crippen molar-refractivity contribution in [2.45, 2.75) is 33.4 Å². The van der Waals surface area contributed by atoms with Crippen LogP contribution in [0.25, 0.3) is 0 Å². The number of hydrogen-bond donors (Lipinski definition) is 2. The van der Waals surface area contributed by atoms with Gasteiger partial charge in [0.1, 0.15) is 12.2 Å². The summed E-state index contributed by atoms with van der Waals surface area (Å²) in [6.07, 6.45) is 2.64. The Hall–Kier alpha value is -2.63. The molecule has 24 heavy (non-hydrogen) atoms. The number of aliphatic imine (C=N–C) groups is 1. The number of aromatic nitrogens is 3.